The Balaban J connectivity index is 1.76. The molecule has 1 aromatic heterocycles. The molecule has 3 heterocycles. The molecule has 1 saturated heterocycles. The highest BCUT2D eigenvalue weighted by molar-refractivity contribution is 5.75. The highest BCUT2D eigenvalue weighted by Gasteiger charge is 2.34. The van der Waals surface area contributed by atoms with Gasteiger partial charge in [0.25, 0.3) is 0 Å². The Kier molecular flexibility index (Phi) is 3.72. The molecule has 120 valence electrons. The average molecular weight is 314 g/mol. The predicted molar refractivity (Wildman–Crippen MR) is 72.9 cm³/mol. The Morgan fingerprint density at radius 2 is 2.09 bits per heavy atom. The van der Waals surface area contributed by atoms with E-state index in [1.54, 1.807) is 9.80 Å². The number of pyridine rings is 1. The van der Waals surface area contributed by atoms with Gasteiger partial charge in [-0.2, -0.15) is 13.2 Å². The number of rotatable bonds is 0. The van der Waals surface area contributed by atoms with Gasteiger partial charge in [-0.1, -0.05) is 0 Å². The number of amides is 2. The Labute approximate surface area is 125 Å². The molecule has 0 aromatic carbocycles. The largest absolute Gasteiger partial charge is 0.417 e. The van der Waals surface area contributed by atoms with Crippen LogP contribution in [0.1, 0.15) is 23.2 Å². The summed E-state index contributed by atoms with van der Waals surface area (Å²) >= 11 is 0. The zero-order valence-electron chi connectivity index (χ0n) is 11.9. The molecule has 1 fully saturated rings. The van der Waals surface area contributed by atoms with Gasteiger partial charge in [0.05, 0.1) is 5.56 Å². The minimum Gasteiger partial charge on any atom is -0.326 e. The van der Waals surface area contributed by atoms with Crippen LogP contribution in [0.4, 0.5) is 18.0 Å². The first-order valence-electron chi connectivity index (χ1n) is 7.19. The molecule has 0 saturated carbocycles. The van der Waals surface area contributed by atoms with Crippen LogP contribution in [-0.2, 0) is 19.1 Å². The van der Waals surface area contributed by atoms with Crippen molar-refractivity contribution in [3.8, 4) is 0 Å². The Morgan fingerprint density at radius 1 is 1.32 bits per heavy atom. The Hall–Kier alpha value is -1.83. The summed E-state index contributed by atoms with van der Waals surface area (Å²) in [4.78, 5) is 19.5. The van der Waals surface area contributed by atoms with Gasteiger partial charge in [0.15, 0.2) is 0 Å². The Morgan fingerprint density at radius 3 is 2.73 bits per heavy atom. The molecule has 0 spiro atoms. The van der Waals surface area contributed by atoms with Gasteiger partial charge in [-0.15, -0.1) is 0 Å². The molecule has 8 heteroatoms. The van der Waals surface area contributed by atoms with E-state index in [0.717, 1.165) is 18.7 Å². The van der Waals surface area contributed by atoms with Crippen molar-refractivity contribution >= 4 is 6.03 Å². The lowest BCUT2D eigenvalue weighted by Gasteiger charge is -2.32. The number of nitrogens with two attached hydrogens (primary N) is 1. The molecule has 1 unspecified atom stereocenters. The van der Waals surface area contributed by atoms with Gasteiger partial charge in [-0.05, 0) is 18.1 Å². The third-order valence-corrected chi connectivity index (χ3v) is 4.13. The molecule has 0 aliphatic carbocycles. The van der Waals surface area contributed by atoms with Crippen molar-refractivity contribution in [1.82, 2.24) is 14.8 Å². The summed E-state index contributed by atoms with van der Waals surface area (Å²) in [6, 6.07) is 0.924. The van der Waals surface area contributed by atoms with Gasteiger partial charge < -0.3 is 15.5 Å². The normalized spacial score (nSPS) is 21.9. The molecule has 22 heavy (non-hydrogen) atoms. The third-order valence-electron chi connectivity index (χ3n) is 4.13. The van der Waals surface area contributed by atoms with Crippen LogP contribution in [0.3, 0.4) is 0 Å². The molecule has 0 bridgehead atoms. The van der Waals surface area contributed by atoms with Gasteiger partial charge in [-0.3, -0.25) is 4.98 Å². The van der Waals surface area contributed by atoms with Gasteiger partial charge in [0.2, 0.25) is 0 Å². The number of carbonyl (C=O) groups is 1. The van der Waals surface area contributed by atoms with Crippen molar-refractivity contribution in [2.24, 2.45) is 5.73 Å². The SMILES string of the molecule is NC1CCN(C(=O)N2CCc3ncc(C(F)(F)F)cc3C2)C1. The van der Waals surface area contributed by atoms with Crippen LogP contribution in [0.2, 0.25) is 0 Å². The van der Waals surface area contributed by atoms with Crippen molar-refractivity contribution in [3.05, 3.63) is 29.1 Å². The number of alkyl halides is 3. The number of aromatic nitrogens is 1. The number of hydrogen-bond acceptors (Lipinski definition) is 3. The van der Waals surface area contributed by atoms with Crippen LogP contribution < -0.4 is 5.73 Å². The summed E-state index contributed by atoms with van der Waals surface area (Å²) in [5, 5.41) is 0. The fraction of sp³-hybridized carbons (Fsp3) is 0.571. The van der Waals surface area contributed by atoms with E-state index in [0.29, 0.717) is 37.3 Å². The van der Waals surface area contributed by atoms with Crippen LogP contribution in [0, 0.1) is 0 Å². The molecule has 2 amide bonds. The zero-order valence-corrected chi connectivity index (χ0v) is 11.9. The molecule has 1 aromatic rings. The van der Waals surface area contributed by atoms with Crippen molar-refractivity contribution in [3.63, 3.8) is 0 Å². The highest BCUT2D eigenvalue weighted by Crippen LogP contribution is 2.31. The minimum absolute atomic E-state index is 0.0143. The maximum atomic E-state index is 12.8. The summed E-state index contributed by atoms with van der Waals surface area (Å²) in [6.45, 7) is 1.74. The summed E-state index contributed by atoms with van der Waals surface area (Å²) in [6.07, 6.45) is -2.33. The van der Waals surface area contributed by atoms with E-state index < -0.39 is 11.7 Å². The molecule has 2 aliphatic rings. The predicted octanol–water partition coefficient (Wildman–Crippen LogP) is 1.61. The zero-order chi connectivity index (χ0) is 15.9. The lowest BCUT2D eigenvalue weighted by Crippen LogP contribution is -2.45. The van der Waals surface area contributed by atoms with E-state index in [1.807, 2.05) is 0 Å². The van der Waals surface area contributed by atoms with E-state index in [9.17, 15) is 18.0 Å². The summed E-state index contributed by atoms with van der Waals surface area (Å²) in [5.41, 5.74) is 6.12. The van der Waals surface area contributed by atoms with Crippen LogP contribution in [0.15, 0.2) is 12.3 Å². The standard InChI is InChI=1S/C14H17F3N4O/c15-14(16,17)10-5-9-7-20(4-2-12(9)19-6-10)13(22)21-3-1-11(18)8-21/h5-6,11H,1-4,7-8,18H2. The quantitative estimate of drug-likeness (QED) is 0.791. The van der Waals surface area contributed by atoms with Crippen molar-refractivity contribution in [2.75, 3.05) is 19.6 Å². The highest BCUT2D eigenvalue weighted by atomic mass is 19.4. The van der Waals surface area contributed by atoms with Crippen molar-refractivity contribution in [1.29, 1.82) is 0 Å². The lowest BCUT2D eigenvalue weighted by atomic mass is 10.0. The Bertz CT molecular complexity index is 590. The van der Waals surface area contributed by atoms with E-state index in [2.05, 4.69) is 4.98 Å². The summed E-state index contributed by atoms with van der Waals surface area (Å²) < 4.78 is 38.3. The lowest BCUT2D eigenvalue weighted by molar-refractivity contribution is -0.137. The fourth-order valence-electron chi connectivity index (χ4n) is 2.91. The number of likely N-dealkylation sites (tertiary alicyclic amines) is 1. The van der Waals surface area contributed by atoms with E-state index in [1.165, 1.54) is 0 Å². The first kappa shape index (κ1) is 15.1. The summed E-state index contributed by atoms with van der Waals surface area (Å²) in [5.74, 6) is 0. The van der Waals surface area contributed by atoms with Gasteiger partial charge in [0.1, 0.15) is 0 Å². The third kappa shape index (κ3) is 2.87. The van der Waals surface area contributed by atoms with Crippen molar-refractivity contribution in [2.45, 2.75) is 31.6 Å². The molecule has 2 N–H and O–H groups in total. The van der Waals surface area contributed by atoms with Crippen LogP contribution in [0.25, 0.3) is 0 Å². The van der Waals surface area contributed by atoms with E-state index in [-0.39, 0.29) is 18.6 Å². The molecule has 3 rings (SSSR count). The summed E-state index contributed by atoms with van der Waals surface area (Å²) in [7, 11) is 0. The number of nitrogens with zero attached hydrogens (tertiary/aromatic N) is 3. The number of carbonyl (C=O) groups excluding carboxylic acids is 1. The number of urea groups is 1. The first-order chi connectivity index (χ1) is 10.3. The van der Waals surface area contributed by atoms with Gasteiger partial charge in [-0.25, -0.2) is 4.79 Å². The molecule has 0 radical (unpaired) electrons. The number of hydrogen-bond donors (Lipinski definition) is 1. The first-order valence-corrected chi connectivity index (χ1v) is 7.19. The fourth-order valence-corrected chi connectivity index (χ4v) is 2.91. The molecule has 2 aliphatic heterocycles. The van der Waals surface area contributed by atoms with Crippen LogP contribution in [0.5, 0.6) is 0 Å². The smallest absolute Gasteiger partial charge is 0.326 e. The number of fused-ring (bicyclic) bond motifs is 1. The second kappa shape index (κ2) is 5.42. The van der Waals surface area contributed by atoms with Gasteiger partial charge >= 0.3 is 12.2 Å². The molecular weight excluding hydrogens is 297 g/mol. The van der Waals surface area contributed by atoms with Gasteiger partial charge in [0, 0.05) is 50.5 Å². The topological polar surface area (TPSA) is 62.5 Å². The second-order valence-electron chi connectivity index (χ2n) is 5.78. The van der Waals surface area contributed by atoms with Crippen LogP contribution in [-0.4, -0.2) is 46.5 Å². The maximum Gasteiger partial charge on any atom is 0.417 e. The average Bonchev–Trinajstić information content (AvgIpc) is 2.91. The van der Waals surface area contributed by atoms with Crippen molar-refractivity contribution < 1.29 is 18.0 Å². The van der Waals surface area contributed by atoms with E-state index in [4.69, 9.17) is 5.73 Å². The van der Waals surface area contributed by atoms with E-state index >= 15 is 0 Å². The van der Waals surface area contributed by atoms with Crippen LogP contribution >= 0.6 is 0 Å². The monoisotopic (exact) mass is 314 g/mol. The second-order valence-corrected chi connectivity index (χ2v) is 5.78. The molecular formula is C14H17F3N4O. The molecule has 1 atom stereocenters. The number of halogens is 3. The minimum atomic E-state index is -4.42. The molecule has 5 nitrogen and oxygen atoms in total. The maximum absolute atomic E-state index is 12.8.